The van der Waals surface area contributed by atoms with Crippen molar-refractivity contribution < 1.29 is 19.0 Å². The van der Waals surface area contributed by atoms with Crippen molar-refractivity contribution in [3.63, 3.8) is 0 Å². The Morgan fingerprint density at radius 1 is 0.806 bits per heavy atom. The molecule has 0 spiro atoms. The molecule has 2 heterocycles. The number of esters is 1. The number of halogens is 1. The third kappa shape index (κ3) is 3.01. The van der Waals surface area contributed by atoms with Crippen LogP contribution >= 0.6 is 15.9 Å². The predicted octanol–water partition coefficient (Wildman–Crippen LogP) is 5.88. The number of benzene rings is 4. The normalized spacial score (nSPS) is 19.1. The number of ether oxygens (including phenoxy) is 3. The number of hydrogen-bond donors (Lipinski definition) is 0. The maximum atomic E-state index is 13.4. The highest BCUT2D eigenvalue weighted by Gasteiger charge is 2.55. The third-order valence-electron chi connectivity index (χ3n) is 7.50. The largest absolute Gasteiger partial charge is 0.454 e. The number of hydrogen-bond acceptors (Lipinski definition) is 5. The van der Waals surface area contributed by atoms with Crippen molar-refractivity contribution in [2.45, 2.75) is 18.0 Å². The van der Waals surface area contributed by atoms with Crippen LogP contribution < -0.4 is 9.47 Å². The maximum Gasteiger partial charge on any atom is 0.325 e. The van der Waals surface area contributed by atoms with E-state index in [0.29, 0.717) is 17.9 Å². The highest BCUT2D eigenvalue weighted by molar-refractivity contribution is 9.10. The molecule has 1 saturated heterocycles. The van der Waals surface area contributed by atoms with E-state index in [1.165, 1.54) is 11.1 Å². The minimum absolute atomic E-state index is 0.198. The lowest BCUT2D eigenvalue weighted by Crippen LogP contribution is -2.51. The van der Waals surface area contributed by atoms with Gasteiger partial charge < -0.3 is 14.2 Å². The zero-order chi connectivity index (χ0) is 24.3. The van der Waals surface area contributed by atoms with Gasteiger partial charge in [-0.1, -0.05) is 94.8 Å². The van der Waals surface area contributed by atoms with Crippen molar-refractivity contribution in [2.75, 3.05) is 13.5 Å². The molecule has 7 rings (SSSR count). The average Bonchev–Trinajstić information content (AvgIpc) is 3.60. The van der Waals surface area contributed by atoms with Crippen molar-refractivity contribution in [1.29, 1.82) is 0 Å². The lowest BCUT2D eigenvalue weighted by Gasteiger charge is -2.42. The molecule has 0 radical (unpaired) electrons. The Morgan fingerprint density at radius 2 is 1.42 bits per heavy atom. The second-order valence-electron chi connectivity index (χ2n) is 9.25. The second kappa shape index (κ2) is 8.22. The Hall–Kier alpha value is -3.61. The van der Waals surface area contributed by atoms with Crippen molar-refractivity contribution in [2.24, 2.45) is 0 Å². The summed E-state index contributed by atoms with van der Waals surface area (Å²) in [4.78, 5) is 15.6. The van der Waals surface area contributed by atoms with Crippen molar-refractivity contribution in [3.8, 4) is 22.6 Å². The second-order valence-corrected chi connectivity index (χ2v) is 10.1. The molecule has 3 aliphatic rings. The Kier molecular flexibility index (Phi) is 4.94. The lowest BCUT2D eigenvalue weighted by molar-refractivity contribution is -0.139. The van der Waals surface area contributed by atoms with E-state index in [-0.39, 0.29) is 19.5 Å². The molecule has 178 valence electrons. The highest BCUT2D eigenvalue weighted by Crippen LogP contribution is 2.55. The van der Waals surface area contributed by atoms with Crippen molar-refractivity contribution in [3.05, 3.63) is 118 Å². The number of cyclic esters (lactones) is 1. The summed E-state index contributed by atoms with van der Waals surface area (Å²) >= 11 is 3.68. The van der Waals surface area contributed by atoms with Crippen LogP contribution in [0.3, 0.4) is 0 Å². The average molecular weight is 540 g/mol. The Labute approximate surface area is 217 Å². The van der Waals surface area contributed by atoms with Crippen LogP contribution in [0.15, 0.2) is 95.5 Å². The van der Waals surface area contributed by atoms with Crippen LogP contribution in [0.1, 0.15) is 22.3 Å². The number of fused-ring (bicyclic) bond motifs is 4. The van der Waals surface area contributed by atoms with E-state index in [1.54, 1.807) is 0 Å². The highest BCUT2D eigenvalue weighted by atomic mass is 79.9. The molecule has 2 aliphatic heterocycles. The Balaban J connectivity index is 1.43. The van der Waals surface area contributed by atoms with Crippen LogP contribution in [-0.2, 0) is 21.5 Å². The quantitative estimate of drug-likeness (QED) is 0.303. The van der Waals surface area contributed by atoms with Crippen LogP contribution in [0.2, 0.25) is 0 Å². The summed E-state index contributed by atoms with van der Waals surface area (Å²) in [5.74, 6) is 1.17. The van der Waals surface area contributed by atoms with Gasteiger partial charge in [-0.2, -0.15) is 0 Å². The molecule has 36 heavy (non-hydrogen) atoms. The first kappa shape index (κ1) is 21.7. The first-order valence-corrected chi connectivity index (χ1v) is 12.7. The molecule has 0 saturated carbocycles. The van der Waals surface area contributed by atoms with Gasteiger partial charge >= 0.3 is 5.97 Å². The molecular formula is C30H22BrNO4. The van der Waals surface area contributed by atoms with Gasteiger partial charge in [-0.3, -0.25) is 4.79 Å². The van der Waals surface area contributed by atoms with E-state index in [2.05, 4.69) is 93.6 Å². The number of nitrogens with zero attached hydrogens (tertiary/aromatic N) is 1. The first-order chi connectivity index (χ1) is 17.7. The van der Waals surface area contributed by atoms with Crippen molar-refractivity contribution >= 4 is 21.9 Å². The summed E-state index contributed by atoms with van der Waals surface area (Å²) in [5.41, 5.74) is 6.08. The molecule has 6 heteroatoms. The zero-order valence-corrected chi connectivity index (χ0v) is 20.9. The summed E-state index contributed by atoms with van der Waals surface area (Å²) in [7, 11) is 0. The topological polar surface area (TPSA) is 48.0 Å². The van der Waals surface area contributed by atoms with Crippen LogP contribution in [0, 0.1) is 0 Å². The summed E-state index contributed by atoms with van der Waals surface area (Å²) < 4.78 is 17.8. The van der Waals surface area contributed by atoms with Gasteiger partial charge in [-0.05, 0) is 45.5 Å². The number of carbonyl (C=O) groups excluding carboxylic acids is 1. The molecule has 4 aromatic carbocycles. The van der Waals surface area contributed by atoms with Crippen LogP contribution in [0.5, 0.6) is 11.5 Å². The van der Waals surface area contributed by atoms with E-state index in [0.717, 1.165) is 26.7 Å². The van der Waals surface area contributed by atoms with E-state index in [1.807, 2.05) is 18.2 Å². The Morgan fingerprint density at radius 3 is 2.11 bits per heavy atom. The summed E-state index contributed by atoms with van der Waals surface area (Å²) in [5, 5.41) is 0. The third-order valence-corrected chi connectivity index (χ3v) is 8.23. The molecule has 0 bridgehead atoms. The maximum absolute atomic E-state index is 13.4. The molecule has 0 aromatic heterocycles. The molecule has 1 fully saturated rings. The number of rotatable bonds is 4. The van der Waals surface area contributed by atoms with Gasteiger partial charge in [-0.15, -0.1) is 0 Å². The number of carbonyl (C=O) groups is 1. The van der Waals surface area contributed by atoms with Gasteiger partial charge in [0, 0.05) is 10.9 Å². The van der Waals surface area contributed by atoms with Crippen LogP contribution in [0.4, 0.5) is 0 Å². The van der Waals surface area contributed by atoms with E-state index in [4.69, 9.17) is 14.2 Å². The standard InChI is InChI=1S/C30H22BrNO4/c31-25-16-28-27(35-18-36-28)15-19(25)14-26-29(33)34-17-32(26)30(20-8-2-1-3-9-20)23-12-6-4-10-21(23)22-11-5-7-13-24(22)30/h1-13,15-16,26H,14,17-18H2. The molecule has 4 aromatic rings. The smallest absolute Gasteiger partial charge is 0.325 e. The summed E-state index contributed by atoms with van der Waals surface area (Å²) in [6.45, 7) is 0.400. The van der Waals surface area contributed by atoms with Crippen molar-refractivity contribution in [1.82, 2.24) is 4.90 Å². The minimum Gasteiger partial charge on any atom is -0.454 e. The minimum atomic E-state index is -0.673. The van der Waals surface area contributed by atoms with Gasteiger partial charge in [0.25, 0.3) is 0 Å². The molecule has 1 unspecified atom stereocenters. The molecule has 5 nitrogen and oxygen atoms in total. The SMILES string of the molecule is O=C1OCN(C2(c3ccccc3)c3ccccc3-c3ccccc32)C1Cc1cc2c(cc1Br)OCO2. The summed E-state index contributed by atoms with van der Waals surface area (Å²) in [6.07, 6.45) is 0.467. The first-order valence-electron chi connectivity index (χ1n) is 11.9. The van der Waals surface area contributed by atoms with Gasteiger partial charge in [0.05, 0.1) is 0 Å². The van der Waals surface area contributed by atoms with Crippen LogP contribution in [0.25, 0.3) is 11.1 Å². The fourth-order valence-electron chi connectivity index (χ4n) is 5.97. The van der Waals surface area contributed by atoms with E-state index in [9.17, 15) is 4.79 Å². The monoisotopic (exact) mass is 539 g/mol. The van der Waals surface area contributed by atoms with E-state index >= 15 is 0 Å². The Bertz CT molecular complexity index is 1460. The summed E-state index contributed by atoms with van der Waals surface area (Å²) in [6, 6.07) is 30.8. The van der Waals surface area contributed by atoms with Crippen LogP contribution in [-0.4, -0.2) is 30.4 Å². The fourth-order valence-corrected chi connectivity index (χ4v) is 6.46. The van der Waals surface area contributed by atoms with Gasteiger partial charge in [-0.25, -0.2) is 4.90 Å². The van der Waals surface area contributed by atoms with E-state index < -0.39 is 11.6 Å². The zero-order valence-electron chi connectivity index (χ0n) is 19.3. The molecular weight excluding hydrogens is 518 g/mol. The molecule has 0 amide bonds. The lowest BCUT2D eigenvalue weighted by atomic mass is 9.78. The molecule has 0 N–H and O–H groups in total. The van der Waals surface area contributed by atoms with Gasteiger partial charge in [0.2, 0.25) is 6.79 Å². The predicted molar refractivity (Wildman–Crippen MR) is 139 cm³/mol. The fraction of sp³-hybridized carbons (Fsp3) is 0.167. The molecule has 1 atom stereocenters. The van der Waals surface area contributed by atoms with Gasteiger partial charge in [0.15, 0.2) is 11.5 Å². The van der Waals surface area contributed by atoms with Gasteiger partial charge in [0.1, 0.15) is 18.3 Å². The molecule has 1 aliphatic carbocycles.